The molecule has 2 rings (SSSR count). The highest BCUT2D eigenvalue weighted by Crippen LogP contribution is 2.13. The molecule has 116 valence electrons. The lowest BCUT2D eigenvalue weighted by Gasteiger charge is -2.38. The quantitative estimate of drug-likeness (QED) is 0.821. The molecule has 1 amide bonds. The third-order valence-corrected chi connectivity index (χ3v) is 4.12. The van der Waals surface area contributed by atoms with Gasteiger partial charge in [-0.3, -0.25) is 19.6 Å². The monoisotopic (exact) mass is 290 g/mol. The maximum absolute atomic E-state index is 11.6. The van der Waals surface area contributed by atoms with Gasteiger partial charge >= 0.3 is 0 Å². The molecular weight excluding hydrogens is 264 g/mol. The zero-order valence-electron chi connectivity index (χ0n) is 12.9. The number of pyridine rings is 1. The van der Waals surface area contributed by atoms with Crippen molar-refractivity contribution in [1.82, 2.24) is 14.8 Å². The second-order valence-electron chi connectivity index (χ2n) is 5.69. The van der Waals surface area contributed by atoms with Crippen LogP contribution in [0, 0.1) is 0 Å². The Hall–Kier alpha value is -1.46. The second kappa shape index (κ2) is 8.10. The maximum atomic E-state index is 11.6. The summed E-state index contributed by atoms with van der Waals surface area (Å²) < 4.78 is 0. The molecule has 1 atom stereocenters. The number of nitrogens with two attached hydrogens (primary N) is 1. The summed E-state index contributed by atoms with van der Waals surface area (Å²) >= 11 is 0. The van der Waals surface area contributed by atoms with E-state index in [1.165, 1.54) is 0 Å². The molecule has 0 radical (unpaired) electrons. The Morgan fingerprint density at radius 1 is 1.33 bits per heavy atom. The van der Waals surface area contributed by atoms with E-state index in [0.717, 1.165) is 57.7 Å². The van der Waals surface area contributed by atoms with E-state index in [1.807, 2.05) is 18.3 Å². The van der Waals surface area contributed by atoms with Crippen molar-refractivity contribution < 1.29 is 4.79 Å². The molecule has 21 heavy (non-hydrogen) atoms. The van der Waals surface area contributed by atoms with E-state index in [0.29, 0.717) is 0 Å². The van der Waals surface area contributed by atoms with Gasteiger partial charge in [0.15, 0.2) is 0 Å². The maximum Gasteiger partial charge on any atom is 0.234 e. The van der Waals surface area contributed by atoms with Gasteiger partial charge in [0.05, 0.1) is 11.7 Å². The Bertz CT molecular complexity index is 429. The number of nitrogens with zero attached hydrogens (tertiary/aromatic N) is 3. The molecule has 1 aliphatic heterocycles. The minimum atomic E-state index is -0.179. The molecule has 1 aromatic rings. The number of carbonyl (C=O) groups is 1. The fourth-order valence-corrected chi connectivity index (χ4v) is 2.86. The normalized spacial score (nSPS) is 18.5. The lowest BCUT2D eigenvalue weighted by atomic mass is 10.1. The summed E-state index contributed by atoms with van der Waals surface area (Å²) in [6.45, 7) is 6.76. The highest BCUT2D eigenvalue weighted by Gasteiger charge is 2.27. The smallest absolute Gasteiger partial charge is 0.234 e. The second-order valence-corrected chi connectivity index (χ2v) is 5.69. The highest BCUT2D eigenvalue weighted by atomic mass is 16.1. The molecule has 2 N–H and O–H groups in total. The SMILES string of the molecule is CCCCC(C(N)=O)N1CCN(Cc2ccccn2)CC1. The lowest BCUT2D eigenvalue weighted by Crippen LogP contribution is -2.53. The van der Waals surface area contributed by atoms with Crippen molar-refractivity contribution in [3.05, 3.63) is 30.1 Å². The van der Waals surface area contributed by atoms with Gasteiger partial charge in [0, 0.05) is 38.9 Å². The first-order chi connectivity index (χ1) is 10.2. The van der Waals surface area contributed by atoms with E-state index in [9.17, 15) is 4.79 Å². The summed E-state index contributed by atoms with van der Waals surface area (Å²) in [6, 6.07) is 5.92. The average Bonchev–Trinajstić information content (AvgIpc) is 2.50. The summed E-state index contributed by atoms with van der Waals surface area (Å²) in [6.07, 6.45) is 4.87. The van der Waals surface area contributed by atoms with Crippen molar-refractivity contribution in [2.24, 2.45) is 5.73 Å². The van der Waals surface area contributed by atoms with Crippen LogP contribution in [0.4, 0.5) is 0 Å². The van der Waals surface area contributed by atoms with E-state index < -0.39 is 0 Å². The molecule has 0 bridgehead atoms. The molecule has 0 aromatic carbocycles. The number of hydrogen-bond donors (Lipinski definition) is 1. The van der Waals surface area contributed by atoms with Crippen LogP contribution < -0.4 is 5.73 Å². The van der Waals surface area contributed by atoms with Crippen molar-refractivity contribution >= 4 is 5.91 Å². The van der Waals surface area contributed by atoms with Gasteiger partial charge in [0.2, 0.25) is 5.91 Å². The minimum absolute atomic E-state index is 0.0954. The van der Waals surface area contributed by atoms with Gasteiger partial charge in [-0.1, -0.05) is 25.8 Å². The Kier molecular flexibility index (Phi) is 6.14. The Morgan fingerprint density at radius 3 is 2.67 bits per heavy atom. The van der Waals surface area contributed by atoms with Crippen LogP contribution in [-0.2, 0) is 11.3 Å². The summed E-state index contributed by atoms with van der Waals surface area (Å²) in [5, 5.41) is 0. The van der Waals surface area contributed by atoms with Crippen LogP contribution in [0.3, 0.4) is 0 Å². The number of unbranched alkanes of at least 4 members (excludes halogenated alkanes) is 1. The first kappa shape index (κ1) is 15.9. The third kappa shape index (κ3) is 4.79. The first-order valence-electron chi connectivity index (χ1n) is 7.86. The van der Waals surface area contributed by atoms with Gasteiger partial charge in [-0.05, 0) is 18.6 Å². The third-order valence-electron chi connectivity index (χ3n) is 4.12. The van der Waals surface area contributed by atoms with Crippen LogP contribution in [0.15, 0.2) is 24.4 Å². The molecule has 1 unspecified atom stereocenters. The van der Waals surface area contributed by atoms with Crippen molar-refractivity contribution in [3.8, 4) is 0 Å². The van der Waals surface area contributed by atoms with E-state index >= 15 is 0 Å². The van der Waals surface area contributed by atoms with Crippen molar-refractivity contribution in [2.75, 3.05) is 26.2 Å². The predicted molar refractivity (Wildman–Crippen MR) is 83.6 cm³/mol. The van der Waals surface area contributed by atoms with Crippen LogP contribution in [-0.4, -0.2) is 52.9 Å². The zero-order chi connectivity index (χ0) is 15.1. The van der Waals surface area contributed by atoms with E-state index in [-0.39, 0.29) is 11.9 Å². The van der Waals surface area contributed by atoms with Crippen LogP contribution in [0.25, 0.3) is 0 Å². The molecule has 1 saturated heterocycles. The number of amides is 1. The molecule has 5 nitrogen and oxygen atoms in total. The highest BCUT2D eigenvalue weighted by molar-refractivity contribution is 5.79. The van der Waals surface area contributed by atoms with Crippen molar-refractivity contribution in [1.29, 1.82) is 0 Å². The molecule has 0 aliphatic carbocycles. The summed E-state index contributed by atoms with van der Waals surface area (Å²) in [5.74, 6) is -0.179. The summed E-state index contributed by atoms with van der Waals surface area (Å²) in [7, 11) is 0. The first-order valence-corrected chi connectivity index (χ1v) is 7.86. The standard InChI is InChI=1S/C16H26N4O/c1-2-3-7-15(16(17)21)20-11-9-19(10-12-20)13-14-6-4-5-8-18-14/h4-6,8,15H,2-3,7,9-13H2,1H3,(H2,17,21). The number of carbonyl (C=O) groups excluding carboxylic acids is 1. The Balaban J connectivity index is 1.82. The predicted octanol–water partition coefficient (Wildman–Crippen LogP) is 1.24. The molecule has 0 spiro atoms. The zero-order valence-corrected chi connectivity index (χ0v) is 12.9. The molecule has 1 aliphatic rings. The van der Waals surface area contributed by atoms with E-state index in [1.54, 1.807) is 0 Å². The fourth-order valence-electron chi connectivity index (χ4n) is 2.86. The van der Waals surface area contributed by atoms with Crippen LogP contribution in [0.2, 0.25) is 0 Å². The van der Waals surface area contributed by atoms with Gasteiger partial charge < -0.3 is 5.73 Å². The van der Waals surface area contributed by atoms with Crippen molar-refractivity contribution in [3.63, 3.8) is 0 Å². The van der Waals surface area contributed by atoms with E-state index in [2.05, 4.69) is 27.8 Å². The van der Waals surface area contributed by atoms with Crippen LogP contribution >= 0.6 is 0 Å². The number of piperazine rings is 1. The summed E-state index contributed by atoms with van der Waals surface area (Å²) in [5.41, 5.74) is 6.66. The molecule has 1 fully saturated rings. The van der Waals surface area contributed by atoms with E-state index in [4.69, 9.17) is 5.73 Å². The van der Waals surface area contributed by atoms with Gasteiger partial charge in [-0.2, -0.15) is 0 Å². The largest absolute Gasteiger partial charge is 0.368 e. The Labute approximate surface area is 127 Å². The van der Waals surface area contributed by atoms with Gasteiger partial charge in [-0.25, -0.2) is 0 Å². The number of aromatic nitrogens is 1. The topological polar surface area (TPSA) is 62.5 Å². The minimum Gasteiger partial charge on any atom is -0.368 e. The molecular formula is C16H26N4O. The van der Waals surface area contributed by atoms with Gasteiger partial charge in [0.25, 0.3) is 0 Å². The molecule has 0 saturated carbocycles. The van der Waals surface area contributed by atoms with Crippen LogP contribution in [0.5, 0.6) is 0 Å². The number of rotatable bonds is 7. The van der Waals surface area contributed by atoms with Crippen molar-refractivity contribution in [2.45, 2.75) is 38.8 Å². The Morgan fingerprint density at radius 2 is 2.10 bits per heavy atom. The van der Waals surface area contributed by atoms with Crippen LogP contribution in [0.1, 0.15) is 31.9 Å². The summed E-state index contributed by atoms with van der Waals surface area (Å²) in [4.78, 5) is 20.6. The fraction of sp³-hybridized carbons (Fsp3) is 0.625. The lowest BCUT2D eigenvalue weighted by molar-refractivity contribution is -0.124. The number of hydrogen-bond acceptors (Lipinski definition) is 4. The molecule has 5 heteroatoms. The average molecular weight is 290 g/mol. The molecule has 1 aromatic heterocycles. The van der Waals surface area contributed by atoms with Gasteiger partial charge in [0.1, 0.15) is 0 Å². The molecule has 2 heterocycles. The number of primary amides is 1. The van der Waals surface area contributed by atoms with Gasteiger partial charge in [-0.15, -0.1) is 0 Å².